The van der Waals surface area contributed by atoms with Crippen LogP contribution >= 0.6 is 0 Å². The van der Waals surface area contributed by atoms with Crippen LogP contribution in [0.25, 0.3) is 11.3 Å². The van der Waals surface area contributed by atoms with Gasteiger partial charge in [0.05, 0.1) is 25.2 Å². The van der Waals surface area contributed by atoms with E-state index in [-0.39, 0.29) is 5.82 Å². The molecule has 0 atom stereocenters. The number of anilines is 1. The highest BCUT2D eigenvalue weighted by Gasteiger charge is 2.09. The predicted molar refractivity (Wildman–Crippen MR) is 64.6 cm³/mol. The van der Waals surface area contributed by atoms with Crippen molar-refractivity contribution in [2.24, 2.45) is 0 Å². The van der Waals surface area contributed by atoms with Crippen molar-refractivity contribution in [1.82, 2.24) is 19.7 Å². The average molecular weight is 233 g/mol. The number of hydrogen-bond donors (Lipinski definition) is 1. The molecule has 0 unspecified atom stereocenters. The molecule has 0 aromatic carbocycles. The molecule has 0 amide bonds. The molecule has 2 N–H and O–H groups in total. The van der Waals surface area contributed by atoms with Gasteiger partial charge in [-0.3, -0.25) is 4.68 Å². The van der Waals surface area contributed by atoms with E-state index in [1.807, 2.05) is 10.9 Å². The maximum Gasteiger partial charge on any atom is 0.257 e. The third-order valence-corrected chi connectivity index (χ3v) is 2.39. The number of nitrogen functional groups attached to an aromatic ring is 1. The van der Waals surface area contributed by atoms with Gasteiger partial charge in [-0.1, -0.05) is 0 Å². The van der Waals surface area contributed by atoms with Crippen LogP contribution in [-0.4, -0.2) is 26.9 Å². The van der Waals surface area contributed by atoms with E-state index in [4.69, 9.17) is 10.5 Å². The first-order chi connectivity index (χ1) is 8.11. The Morgan fingerprint density at radius 1 is 1.35 bits per heavy atom. The van der Waals surface area contributed by atoms with Gasteiger partial charge in [-0.05, 0) is 13.8 Å². The van der Waals surface area contributed by atoms with Crippen LogP contribution in [0.5, 0.6) is 5.88 Å². The van der Waals surface area contributed by atoms with Crippen molar-refractivity contribution in [3.63, 3.8) is 0 Å². The Morgan fingerprint density at radius 3 is 2.71 bits per heavy atom. The summed E-state index contributed by atoms with van der Waals surface area (Å²) in [5.74, 6) is 0.618. The summed E-state index contributed by atoms with van der Waals surface area (Å²) in [7, 11) is 1.52. The number of rotatable bonds is 3. The first-order valence-electron chi connectivity index (χ1n) is 5.33. The highest BCUT2D eigenvalue weighted by atomic mass is 16.5. The summed E-state index contributed by atoms with van der Waals surface area (Å²) in [6.45, 7) is 4.12. The third kappa shape index (κ3) is 2.20. The van der Waals surface area contributed by atoms with Crippen LogP contribution in [0.1, 0.15) is 19.9 Å². The molecule has 2 rings (SSSR count). The fourth-order valence-corrected chi connectivity index (χ4v) is 1.42. The van der Waals surface area contributed by atoms with Crippen molar-refractivity contribution in [2.75, 3.05) is 12.8 Å². The molecule has 0 bridgehead atoms. The van der Waals surface area contributed by atoms with Crippen molar-refractivity contribution in [2.45, 2.75) is 19.9 Å². The molecule has 2 aromatic heterocycles. The van der Waals surface area contributed by atoms with E-state index in [1.165, 1.54) is 7.11 Å². The van der Waals surface area contributed by atoms with Gasteiger partial charge in [-0.2, -0.15) is 5.10 Å². The summed E-state index contributed by atoms with van der Waals surface area (Å²) >= 11 is 0. The Bertz CT molecular complexity index is 520. The molecule has 0 aliphatic carbocycles. The second-order valence-electron chi connectivity index (χ2n) is 3.95. The molecule has 0 radical (unpaired) electrons. The number of nitrogens with zero attached hydrogens (tertiary/aromatic N) is 4. The Kier molecular flexibility index (Phi) is 2.95. The fraction of sp³-hybridized carbons (Fsp3) is 0.364. The number of ether oxygens (including phenoxy) is 1. The van der Waals surface area contributed by atoms with Crippen molar-refractivity contribution in [3.8, 4) is 17.1 Å². The summed E-state index contributed by atoms with van der Waals surface area (Å²) in [5, 5.41) is 4.25. The van der Waals surface area contributed by atoms with E-state index < -0.39 is 0 Å². The van der Waals surface area contributed by atoms with E-state index >= 15 is 0 Å². The molecule has 2 heterocycles. The maximum atomic E-state index is 5.61. The number of aromatic nitrogens is 4. The molecule has 90 valence electrons. The van der Waals surface area contributed by atoms with E-state index in [9.17, 15) is 0 Å². The minimum atomic E-state index is 0.285. The lowest BCUT2D eigenvalue weighted by Gasteiger charge is -2.04. The van der Waals surface area contributed by atoms with Crippen LogP contribution in [0, 0.1) is 0 Å². The quantitative estimate of drug-likeness (QED) is 0.869. The van der Waals surface area contributed by atoms with Gasteiger partial charge < -0.3 is 10.5 Å². The normalized spacial score (nSPS) is 10.8. The summed E-state index contributed by atoms with van der Waals surface area (Å²) < 4.78 is 6.90. The van der Waals surface area contributed by atoms with E-state index in [0.717, 1.165) is 5.56 Å². The van der Waals surface area contributed by atoms with Crippen LogP contribution < -0.4 is 10.5 Å². The third-order valence-electron chi connectivity index (χ3n) is 2.39. The summed E-state index contributed by atoms with van der Waals surface area (Å²) in [6.07, 6.45) is 5.28. The maximum absolute atomic E-state index is 5.61. The minimum Gasteiger partial charge on any atom is -0.478 e. The SMILES string of the molecule is COc1nc(-c2cnn(C(C)C)c2)cnc1N. The van der Waals surface area contributed by atoms with Crippen LogP contribution in [-0.2, 0) is 0 Å². The van der Waals surface area contributed by atoms with E-state index in [1.54, 1.807) is 12.4 Å². The summed E-state index contributed by atoms with van der Waals surface area (Å²) in [6, 6.07) is 0.312. The standard InChI is InChI=1S/C11H15N5O/c1-7(2)16-6-8(4-14-16)9-5-13-10(12)11(15-9)17-3/h4-7H,1-3H3,(H2,12,13). The van der Waals surface area contributed by atoms with Gasteiger partial charge in [0.1, 0.15) is 0 Å². The topological polar surface area (TPSA) is 78.9 Å². The van der Waals surface area contributed by atoms with Crippen molar-refractivity contribution in [3.05, 3.63) is 18.6 Å². The first-order valence-corrected chi connectivity index (χ1v) is 5.33. The number of methoxy groups -OCH3 is 1. The molecular weight excluding hydrogens is 218 g/mol. The monoisotopic (exact) mass is 233 g/mol. The Morgan fingerprint density at radius 2 is 2.12 bits per heavy atom. The molecule has 17 heavy (non-hydrogen) atoms. The lowest BCUT2D eigenvalue weighted by Crippen LogP contribution is -2.00. The predicted octanol–water partition coefficient (Wildman–Crippen LogP) is 1.51. The molecule has 0 aliphatic heterocycles. The second-order valence-corrected chi connectivity index (χ2v) is 3.95. The molecule has 0 saturated heterocycles. The number of hydrogen-bond acceptors (Lipinski definition) is 5. The highest BCUT2D eigenvalue weighted by molar-refractivity contribution is 5.58. The fourth-order valence-electron chi connectivity index (χ4n) is 1.42. The molecule has 6 heteroatoms. The Labute approximate surface area is 99.4 Å². The van der Waals surface area contributed by atoms with Gasteiger partial charge in [0, 0.05) is 17.8 Å². The Balaban J connectivity index is 2.38. The van der Waals surface area contributed by atoms with Crippen LogP contribution in [0.2, 0.25) is 0 Å². The van der Waals surface area contributed by atoms with E-state index in [2.05, 4.69) is 28.9 Å². The largest absolute Gasteiger partial charge is 0.478 e. The van der Waals surface area contributed by atoms with Gasteiger partial charge in [0.25, 0.3) is 5.88 Å². The molecular formula is C11H15N5O. The minimum absolute atomic E-state index is 0.285. The molecule has 0 spiro atoms. The lowest BCUT2D eigenvalue weighted by molar-refractivity contribution is 0.399. The highest BCUT2D eigenvalue weighted by Crippen LogP contribution is 2.22. The lowest BCUT2D eigenvalue weighted by atomic mass is 10.2. The zero-order valence-electron chi connectivity index (χ0n) is 10.1. The zero-order valence-corrected chi connectivity index (χ0v) is 10.1. The zero-order chi connectivity index (χ0) is 12.4. The molecule has 0 saturated carbocycles. The molecule has 0 fully saturated rings. The second kappa shape index (κ2) is 4.40. The average Bonchev–Trinajstić information content (AvgIpc) is 2.79. The molecule has 0 aliphatic rings. The van der Waals surface area contributed by atoms with Gasteiger partial charge in [-0.15, -0.1) is 0 Å². The van der Waals surface area contributed by atoms with Crippen molar-refractivity contribution in [1.29, 1.82) is 0 Å². The smallest absolute Gasteiger partial charge is 0.257 e. The summed E-state index contributed by atoms with van der Waals surface area (Å²) in [5.41, 5.74) is 7.20. The van der Waals surface area contributed by atoms with Crippen LogP contribution in [0.3, 0.4) is 0 Å². The van der Waals surface area contributed by atoms with Gasteiger partial charge in [-0.25, -0.2) is 9.97 Å². The van der Waals surface area contributed by atoms with Gasteiger partial charge in [0.15, 0.2) is 5.82 Å². The molecule has 6 nitrogen and oxygen atoms in total. The van der Waals surface area contributed by atoms with Crippen LogP contribution in [0.4, 0.5) is 5.82 Å². The summed E-state index contributed by atoms with van der Waals surface area (Å²) in [4.78, 5) is 8.30. The molecule has 2 aromatic rings. The Hall–Kier alpha value is -2.11. The van der Waals surface area contributed by atoms with Crippen LogP contribution in [0.15, 0.2) is 18.6 Å². The van der Waals surface area contributed by atoms with Gasteiger partial charge >= 0.3 is 0 Å². The van der Waals surface area contributed by atoms with Crippen molar-refractivity contribution >= 4 is 5.82 Å². The number of nitrogens with two attached hydrogens (primary N) is 1. The van der Waals surface area contributed by atoms with E-state index in [0.29, 0.717) is 17.6 Å². The first kappa shape index (κ1) is 11.4. The van der Waals surface area contributed by atoms with Crippen molar-refractivity contribution < 1.29 is 4.74 Å². The van der Waals surface area contributed by atoms with Gasteiger partial charge in [0.2, 0.25) is 0 Å².